The molecule has 2 amide bonds. The SMILES string of the molecule is NC(=O)c1ccc2c(c1)ncn2N1CCN(C(=O)c2ccc(Cl)c(Cl)c2)CC1. The Labute approximate surface area is 171 Å². The molecule has 2 heterocycles. The zero-order valence-corrected chi connectivity index (χ0v) is 16.3. The Morgan fingerprint density at radius 3 is 2.32 bits per heavy atom. The van der Waals surface area contributed by atoms with Gasteiger partial charge in [-0.15, -0.1) is 0 Å². The highest BCUT2D eigenvalue weighted by Gasteiger charge is 2.23. The van der Waals surface area contributed by atoms with E-state index in [-0.39, 0.29) is 5.91 Å². The number of amides is 2. The van der Waals surface area contributed by atoms with Crippen molar-refractivity contribution in [2.75, 3.05) is 31.2 Å². The van der Waals surface area contributed by atoms with Gasteiger partial charge in [0.05, 0.1) is 34.2 Å². The summed E-state index contributed by atoms with van der Waals surface area (Å²) < 4.78 is 1.95. The molecule has 0 radical (unpaired) electrons. The molecule has 0 aliphatic carbocycles. The predicted molar refractivity (Wildman–Crippen MR) is 109 cm³/mol. The van der Waals surface area contributed by atoms with Crippen LogP contribution in [0.4, 0.5) is 0 Å². The van der Waals surface area contributed by atoms with Crippen LogP contribution in [0, 0.1) is 0 Å². The summed E-state index contributed by atoms with van der Waals surface area (Å²) in [5.41, 5.74) is 7.86. The van der Waals surface area contributed by atoms with Crippen molar-refractivity contribution in [3.63, 3.8) is 0 Å². The number of piperazine rings is 1. The lowest BCUT2D eigenvalue weighted by molar-refractivity contribution is 0.0738. The number of imidazole rings is 1. The maximum atomic E-state index is 12.7. The second kappa shape index (κ2) is 7.33. The highest BCUT2D eigenvalue weighted by Crippen LogP contribution is 2.23. The van der Waals surface area contributed by atoms with Crippen molar-refractivity contribution < 1.29 is 9.59 Å². The highest BCUT2D eigenvalue weighted by molar-refractivity contribution is 6.42. The molecule has 9 heteroatoms. The van der Waals surface area contributed by atoms with Crippen LogP contribution in [0.5, 0.6) is 0 Å². The fourth-order valence-electron chi connectivity index (χ4n) is 3.30. The molecule has 2 N–H and O–H groups in total. The summed E-state index contributed by atoms with van der Waals surface area (Å²) in [6.45, 7) is 2.43. The molecule has 1 aromatic heterocycles. The molecule has 144 valence electrons. The van der Waals surface area contributed by atoms with E-state index in [0.717, 1.165) is 5.52 Å². The summed E-state index contributed by atoms with van der Waals surface area (Å²) in [5, 5.41) is 2.90. The van der Waals surface area contributed by atoms with Crippen LogP contribution in [0.1, 0.15) is 20.7 Å². The van der Waals surface area contributed by atoms with Crippen LogP contribution in [0.3, 0.4) is 0 Å². The van der Waals surface area contributed by atoms with Gasteiger partial charge >= 0.3 is 0 Å². The van der Waals surface area contributed by atoms with Crippen molar-refractivity contribution in [2.45, 2.75) is 0 Å². The number of benzene rings is 2. The summed E-state index contributed by atoms with van der Waals surface area (Å²) in [5.74, 6) is -0.550. The minimum atomic E-state index is -0.481. The van der Waals surface area contributed by atoms with Crippen molar-refractivity contribution in [2.24, 2.45) is 5.73 Å². The van der Waals surface area contributed by atoms with Gasteiger partial charge in [-0.1, -0.05) is 23.2 Å². The van der Waals surface area contributed by atoms with Crippen LogP contribution in [0.2, 0.25) is 10.0 Å². The van der Waals surface area contributed by atoms with Crippen molar-refractivity contribution in [3.05, 3.63) is 63.9 Å². The number of fused-ring (bicyclic) bond motifs is 1. The van der Waals surface area contributed by atoms with E-state index in [9.17, 15) is 9.59 Å². The highest BCUT2D eigenvalue weighted by atomic mass is 35.5. The Morgan fingerprint density at radius 2 is 1.64 bits per heavy atom. The minimum Gasteiger partial charge on any atom is -0.366 e. The average Bonchev–Trinajstić information content (AvgIpc) is 3.13. The number of carbonyl (C=O) groups is 2. The molecule has 0 spiro atoms. The second-order valence-electron chi connectivity index (χ2n) is 6.53. The van der Waals surface area contributed by atoms with Crippen LogP contribution < -0.4 is 10.7 Å². The Hall–Kier alpha value is -2.77. The summed E-state index contributed by atoms with van der Waals surface area (Å²) in [6.07, 6.45) is 1.71. The summed E-state index contributed by atoms with van der Waals surface area (Å²) in [6, 6.07) is 10.1. The lowest BCUT2D eigenvalue weighted by Gasteiger charge is -2.36. The van der Waals surface area contributed by atoms with Gasteiger partial charge < -0.3 is 15.6 Å². The molecule has 0 saturated carbocycles. The van der Waals surface area contributed by atoms with Crippen molar-refractivity contribution in [1.29, 1.82) is 0 Å². The standard InChI is InChI=1S/C19H17Cl2N5O2/c20-14-3-1-13(9-15(14)21)19(28)24-5-7-25(8-6-24)26-11-23-16-10-12(18(22)27)2-4-17(16)26/h1-4,9-11H,5-8H2,(H2,22,27). The number of halogens is 2. The number of primary amides is 1. The van der Waals surface area contributed by atoms with Gasteiger partial charge in [0.25, 0.3) is 5.91 Å². The van der Waals surface area contributed by atoms with E-state index in [1.165, 1.54) is 0 Å². The first-order valence-corrected chi connectivity index (χ1v) is 9.46. The topological polar surface area (TPSA) is 84.5 Å². The quantitative estimate of drug-likeness (QED) is 0.709. The fourth-order valence-corrected chi connectivity index (χ4v) is 3.60. The molecule has 7 nitrogen and oxygen atoms in total. The lowest BCUT2D eigenvalue weighted by atomic mass is 10.2. The predicted octanol–water partition coefficient (Wildman–Crippen LogP) is 2.54. The monoisotopic (exact) mass is 417 g/mol. The first-order valence-electron chi connectivity index (χ1n) is 8.70. The molecule has 1 fully saturated rings. The molecular formula is C19H17Cl2N5O2. The lowest BCUT2D eigenvalue weighted by Crippen LogP contribution is -2.52. The van der Waals surface area contributed by atoms with E-state index in [4.69, 9.17) is 28.9 Å². The third kappa shape index (κ3) is 3.39. The Kier molecular flexibility index (Phi) is 4.87. The normalized spacial score (nSPS) is 14.5. The molecule has 28 heavy (non-hydrogen) atoms. The number of nitrogens with zero attached hydrogens (tertiary/aromatic N) is 4. The van der Waals surface area contributed by atoms with Gasteiger partial charge in [0.15, 0.2) is 0 Å². The van der Waals surface area contributed by atoms with Crippen LogP contribution in [-0.4, -0.2) is 52.6 Å². The number of hydrogen-bond acceptors (Lipinski definition) is 4. The second-order valence-corrected chi connectivity index (χ2v) is 7.35. The largest absolute Gasteiger partial charge is 0.366 e. The van der Waals surface area contributed by atoms with Gasteiger partial charge in [-0.3, -0.25) is 9.59 Å². The van der Waals surface area contributed by atoms with Crippen LogP contribution in [-0.2, 0) is 0 Å². The van der Waals surface area contributed by atoms with Gasteiger partial charge in [0.1, 0.15) is 6.33 Å². The minimum absolute atomic E-state index is 0.0696. The first-order chi connectivity index (χ1) is 13.4. The Bertz CT molecular complexity index is 1070. The number of rotatable bonds is 3. The maximum absolute atomic E-state index is 12.7. The molecule has 2 aromatic carbocycles. The van der Waals surface area contributed by atoms with Gasteiger partial charge in [0.2, 0.25) is 5.91 Å². The number of nitrogens with two attached hydrogens (primary N) is 1. The zero-order valence-electron chi connectivity index (χ0n) is 14.8. The molecule has 1 aliphatic rings. The number of carbonyl (C=O) groups excluding carboxylic acids is 2. The number of hydrogen-bond donors (Lipinski definition) is 1. The van der Waals surface area contributed by atoms with Crippen LogP contribution in [0.15, 0.2) is 42.7 Å². The van der Waals surface area contributed by atoms with Crippen molar-refractivity contribution >= 4 is 46.0 Å². The van der Waals surface area contributed by atoms with E-state index in [0.29, 0.717) is 52.9 Å². The first kappa shape index (κ1) is 18.6. The Morgan fingerprint density at radius 1 is 0.929 bits per heavy atom. The summed E-state index contributed by atoms with van der Waals surface area (Å²) in [4.78, 5) is 30.2. The maximum Gasteiger partial charge on any atom is 0.254 e. The van der Waals surface area contributed by atoms with Crippen LogP contribution >= 0.6 is 23.2 Å². The molecule has 3 aromatic rings. The van der Waals surface area contributed by atoms with E-state index in [1.807, 2.05) is 10.7 Å². The molecule has 0 atom stereocenters. The van der Waals surface area contributed by atoms with Crippen molar-refractivity contribution in [1.82, 2.24) is 14.6 Å². The molecule has 0 unspecified atom stereocenters. The molecule has 4 rings (SSSR count). The van der Waals surface area contributed by atoms with E-state index in [1.54, 1.807) is 41.6 Å². The summed E-state index contributed by atoms with van der Waals surface area (Å²) >= 11 is 11.9. The average molecular weight is 418 g/mol. The molecule has 1 aliphatic heterocycles. The van der Waals surface area contributed by atoms with Crippen molar-refractivity contribution in [3.8, 4) is 0 Å². The third-order valence-electron chi connectivity index (χ3n) is 4.83. The molecule has 0 bridgehead atoms. The van der Waals surface area contributed by atoms with E-state index < -0.39 is 5.91 Å². The molecular weight excluding hydrogens is 401 g/mol. The van der Waals surface area contributed by atoms with E-state index >= 15 is 0 Å². The van der Waals surface area contributed by atoms with Gasteiger partial charge in [0, 0.05) is 24.2 Å². The third-order valence-corrected chi connectivity index (χ3v) is 5.57. The smallest absolute Gasteiger partial charge is 0.254 e. The molecule has 1 saturated heterocycles. The summed E-state index contributed by atoms with van der Waals surface area (Å²) in [7, 11) is 0. The van der Waals surface area contributed by atoms with Gasteiger partial charge in [-0.25, -0.2) is 9.66 Å². The fraction of sp³-hybridized carbons (Fsp3) is 0.211. The van der Waals surface area contributed by atoms with Gasteiger partial charge in [-0.05, 0) is 36.4 Å². The zero-order chi connectivity index (χ0) is 19.8. The van der Waals surface area contributed by atoms with E-state index in [2.05, 4.69) is 9.99 Å². The Balaban J connectivity index is 1.48. The van der Waals surface area contributed by atoms with Crippen LogP contribution in [0.25, 0.3) is 11.0 Å². The number of aromatic nitrogens is 2. The van der Waals surface area contributed by atoms with Gasteiger partial charge in [-0.2, -0.15) is 0 Å².